The second kappa shape index (κ2) is 7.74. The summed E-state index contributed by atoms with van der Waals surface area (Å²) < 4.78 is 13.7. The molecule has 0 bridgehead atoms. The summed E-state index contributed by atoms with van der Waals surface area (Å²) in [4.78, 5) is 6.57. The normalized spacial score (nSPS) is 10.6. The predicted molar refractivity (Wildman–Crippen MR) is 84.7 cm³/mol. The lowest BCUT2D eigenvalue weighted by Crippen LogP contribution is -2.20. The molecule has 112 valence electrons. The Hall–Kier alpha value is -1.94. The van der Waals surface area contributed by atoms with Crippen LogP contribution in [0.4, 0.5) is 10.2 Å². The monoisotopic (exact) mass is 287 g/mol. The lowest BCUT2D eigenvalue weighted by atomic mass is 10.2. The fourth-order valence-corrected chi connectivity index (χ4v) is 2.13. The number of anilines is 1. The molecule has 2 aromatic rings. The van der Waals surface area contributed by atoms with E-state index >= 15 is 0 Å². The Morgan fingerprint density at radius 3 is 2.71 bits per heavy atom. The van der Waals surface area contributed by atoms with Crippen LogP contribution in [0.1, 0.15) is 24.6 Å². The van der Waals surface area contributed by atoms with Crippen LogP contribution in [0.2, 0.25) is 0 Å². The molecule has 0 spiro atoms. The van der Waals surface area contributed by atoms with Gasteiger partial charge in [0.15, 0.2) is 0 Å². The minimum atomic E-state index is -0.176. The predicted octanol–water partition coefficient (Wildman–Crippen LogP) is 3.36. The number of benzene rings is 1. The van der Waals surface area contributed by atoms with Gasteiger partial charge >= 0.3 is 0 Å². The van der Waals surface area contributed by atoms with Crippen LogP contribution < -0.4 is 10.2 Å². The molecule has 0 unspecified atom stereocenters. The lowest BCUT2D eigenvalue weighted by Gasteiger charge is -2.19. The molecule has 0 aliphatic heterocycles. The summed E-state index contributed by atoms with van der Waals surface area (Å²) in [6.45, 7) is 4.39. The smallest absolute Gasteiger partial charge is 0.128 e. The van der Waals surface area contributed by atoms with Crippen molar-refractivity contribution in [3.63, 3.8) is 0 Å². The van der Waals surface area contributed by atoms with Gasteiger partial charge in [-0.15, -0.1) is 0 Å². The van der Waals surface area contributed by atoms with Gasteiger partial charge in [-0.05, 0) is 31.2 Å². The van der Waals surface area contributed by atoms with Crippen LogP contribution in [-0.4, -0.2) is 18.6 Å². The molecule has 1 heterocycles. The molecule has 4 heteroatoms. The van der Waals surface area contributed by atoms with E-state index in [0.717, 1.165) is 31.0 Å². The van der Waals surface area contributed by atoms with Crippen molar-refractivity contribution in [2.75, 3.05) is 18.5 Å². The van der Waals surface area contributed by atoms with Gasteiger partial charge in [-0.1, -0.05) is 31.2 Å². The molecule has 21 heavy (non-hydrogen) atoms. The molecule has 0 atom stereocenters. The van der Waals surface area contributed by atoms with Gasteiger partial charge < -0.3 is 10.2 Å². The second-order valence-corrected chi connectivity index (χ2v) is 5.11. The quantitative estimate of drug-likeness (QED) is 0.792. The van der Waals surface area contributed by atoms with E-state index in [1.54, 1.807) is 12.1 Å². The van der Waals surface area contributed by atoms with E-state index in [9.17, 15) is 4.39 Å². The first-order chi connectivity index (χ1) is 10.2. The third kappa shape index (κ3) is 4.53. The maximum absolute atomic E-state index is 13.7. The number of halogens is 1. The summed E-state index contributed by atoms with van der Waals surface area (Å²) in [6.07, 6.45) is 1.10. The van der Waals surface area contributed by atoms with Gasteiger partial charge in [0.2, 0.25) is 0 Å². The topological polar surface area (TPSA) is 28.2 Å². The highest BCUT2D eigenvalue weighted by Gasteiger charge is 2.07. The van der Waals surface area contributed by atoms with Crippen molar-refractivity contribution in [1.29, 1.82) is 0 Å². The lowest BCUT2D eigenvalue weighted by molar-refractivity contribution is 0.607. The first kappa shape index (κ1) is 15.4. The zero-order chi connectivity index (χ0) is 15.1. The Kier molecular flexibility index (Phi) is 5.69. The maximum Gasteiger partial charge on any atom is 0.128 e. The Balaban J connectivity index is 2.03. The molecule has 3 nitrogen and oxygen atoms in total. The van der Waals surface area contributed by atoms with E-state index in [2.05, 4.69) is 17.2 Å². The fourth-order valence-electron chi connectivity index (χ4n) is 2.13. The Labute approximate surface area is 125 Å². The number of pyridine rings is 1. The van der Waals surface area contributed by atoms with Crippen molar-refractivity contribution >= 4 is 5.82 Å². The summed E-state index contributed by atoms with van der Waals surface area (Å²) in [6, 6.07) is 12.8. The zero-order valence-electron chi connectivity index (χ0n) is 12.6. The van der Waals surface area contributed by atoms with Crippen LogP contribution in [0.5, 0.6) is 0 Å². The third-order valence-electron chi connectivity index (χ3n) is 3.28. The fraction of sp³-hybridized carbons (Fsp3) is 0.353. The maximum atomic E-state index is 13.7. The van der Waals surface area contributed by atoms with Crippen molar-refractivity contribution in [2.24, 2.45) is 0 Å². The van der Waals surface area contributed by atoms with Gasteiger partial charge in [-0.3, -0.25) is 0 Å². The minimum Gasteiger partial charge on any atom is -0.355 e. The number of hydrogen-bond acceptors (Lipinski definition) is 3. The van der Waals surface area contributed by atoms with E-state index in [0.29, 0.717) is 12.1 Å². The highest BCUT2D eigenvalue weighted by Crippen LogP contribution is 2.15. The summed E-state index contributed by atoms with van der Waals surface area (Å²) in [5, 5.41) is 3.34. The highest BCUT2D eigenvalue weighted by atomic mass is 19.1. The molecule has 0 amide bonds. The Morgan fingerprint density at radius 1 is 1.14 bits per heavy atom. The van der Waals surface area contributed by atoms with Crippen molar-refractivity contribution < 1.29 is 4.39 Å². The number of nitrogens with one attached hydrogen (secondary N) is 1. The van der Waals surface area contributed by atoms with Crippen molar-refractivity contribution in [3.8, 4) is 0 Å². The number of nitrogens with zero attached hydrogens (tertiary/aromatic N) is 2. The minimum absolute atomic E-state index is 0.176. The molecule has 2 rings (SSSR count). The SMILES string of the molecule is CCCNCc1cccc(N(C)Cc2ccccc2F)n1. The van der Waals surface area contributed by atoms with Crippen LogP contribution in [0.3, 0.4) is 0 Å². The van der Waals surface area contributed by atoms with E-state index in [-0.39, 0.29) is 5.82 Å². The van der Waals surface area contributed by atoms with E-state index in [1.165, 1.54) is 6.07 Å². The molecule has 1 aromatic heterocycles. The van der Waals surface area contributed by atoms with Crippen molar-refractivity contribution in [2.45, 2.75) is 26.4 Å². The summed E-state index contributed by atoms with van der Waals surface area (Å²) in [7, 11) is 1.93. The number of hydrogen-bond donors (Lipinski definition) is 1. The van der Waals surface area contributed by atoms with E-state index in [1.807, 2.05) is 36.2 Å². The van der Waals surface area contributed by atoms with Crippen LogP contribution in [0.15, 0.2) is 42.5 Å². The molecule has 1 aromatic carbocycles. The average Bonchev–Trinajstić information content (AvgIpc) is 2.50. The van der Waals surface area contributed by atoms with Crippen LogP contribution in [-0.2, 0) is 13.1 Å². The van der Waals surface area contributed by atoms with Gasteiger partial charge in [-0.2, -0.15) is 0 Å². The summed E-state index contributed by atoms with van der Waals surface area (Å²) in [5.74, 6) is 0.680. The standard InChI is InChI=1S/C17H22FN3/c1-3-11-19-12-15-8-6-10-17(20-15)21(2)13-14-7-4-5-9-16(14)18/h4-10,19H,3,11-13H2,1-2H3. The molecule has 0 aliphatic rings. The average molecular weight is 287 g/mol. The Bertz CT molecular complexity index is 571. The van der Waals surface area contributed by atoms with Gasteiger partial charge in [0.1, 0.15) is 11.6 Å². The number of aromatic nitrogens is 1. The first-order valence-corrected chi connectivity index (χ1v) is 7.32. The van der Waals surface area contributed by atoms with Crippen molar-refractivity contribution in [3.05, 3.63) is 59.5 Å². The molecule has 0 saturated carbocycles. The Morgan fingerprint density at radius 2 is 1.95 bits per heavy atom. The van der Waals surface area contributed by atoms with Gasteiger partial charge in [0.25, 0.3) is 0 Å². The third-order valence-corrected chi connectivity index (χ3v) is 3.28. The molecular weight excluding hydrogens is 265 g/mol. The van der Waals surface area contributed by atoms with E-state index in [4.69, 9.17) is 0 Å². The van der Waals surface area contributed by atoms with Crippen LogP contribution in [0.25, 0.3) is 0 Å². The largest absolute Gasteiger partial charge is 0.355 e. The highest BCUT2D eigenvalue weighted by molar-refractivity contribution is 5.39. The zero-order valence-corrected chi connectivity index (χ0v) is 12.6. The van der Waals surface area contributed by atoms with Gasteiger partial charge in [-0.25, -0.2) is 9.37 Å². The van der Waals surface area contributed by atoms with Gasteiger partial charge in [0, 0.05) is 25.7 Å². The molecule has 0 fully saturated rings. The van der Waals surface area contributed by atoms with Crippen LogP contribution >= 0.6 is 0 Å². The summed E-state index contributed by atoms with van der Waals surface area (Å²) in [5.41, 5.74) is 1.68. The molecule has 1 N–H and O–H groups in total. The van der Waals surface area contributed by atoms with E-state index < -0.39 is 0 Å². The molecule has 0 aliphatic carbocycles. The van der Waals surface area contributed by atoms with Gasteiger partial charge in [0.05, 0.1) is 5.69 Å². The molecule has 0 saturated heterocycles. The molecule has 0 radical (unpaired) electrons. The van der Waals surface area contributed by atoms with Crippen LogP contribution in [0, 0.1) is 5.82 Å². The second-order valence-electron chi connectivity index (χ2n) is 5.11. The first-order valence-electron chi connectivity index (χ1n) is 7.32. The van der Waals surface area contributed by atoms with Crippen molar-refractivity contribution in [1.82, 2.24) is 10.3 Å². The molecular formula is C17H22FN3. The summed E-state index contributed by atoms with van der Waals surface area (Å²) >= 11 is 0. The number of rotatable bonds is 7.